The molecule has 1 fully saturated rings. The van der Waals surface area contributed by atoms with Crippen LogP contribution in [-0.2, 0) is 9.59 Å². The van der Waals surface area contributed by atoms with Crippen LogP contribution in [0.5, 0.6) is 0 Å². The molecule has 0 atom stereocenters. The van der Waals surface area contributed by atoms with Gasteiger partial charge in [0.15, 0.2) is 0 Å². The van der Waals surface area contributed by atoms with Crippen molar-refractivity contribution in [1.29, 1.82) is 0 Å². The number of carbonyl (C=O) groups is 2. The zero-order chi connectivity index (χ0) is 20.5. The first kappa shape index (κ1) is 19.3. The normalized spacial score (nSPS) is 18.7. The van der Waals surface area contributed by atoms with E-state index in [1.807, 2.05) is 42.3 Å². The van der Waals surface area contributed by atoms with Crippen LogP contribution in [0, 0.1) is 5.82 Å². The van der Waals surface area contributed by atoms with Crippen molar-refractivity contribution in [2.24, 2.45) is 0 Å². The van der Waals surface area contributed by atoms with Crippen molar-refractivity contribution >= 4 is 23.1 Å². The van der Waals surface area contributed by atoms with Crippen molar-refractivity contribution in [3.8, 4) is 0 Å². The molecular weight excluding hydrogens is 369 g/mol. The van der Waals surface area contributed by atoms with E-state index < -0.39 is 5.82 Å². The summed E-state index contributed by atoms with van der Waals surface area (Å²) in [5.74, 6) is -1.14. The smallest absolute Gasteiger partial charge is 0.282 e. The Morgan fingerprint density at radius 1 is 0.931 bits per heavy atom. The second-order valence-electron chi connectivity index (χ2n) is 7.66. The van der Waals surface area contributed by atoms with Crippen molar-refractivity contribution in [2.75, 3.05) is 32.1 Å². The number of benzene rings is 2. The van der Waals surface area contributed by atoms with Crippen molar-refractivity contribution < 1.29 is 14.0 Å². The van der Waals surface area contributed by atoms with Crippen LogP contribution in [0.25, 0.3) is 5.57 Å². The summed E-state index contributed by atoms with van der Waals surface area (Å²) in [6, 6.07) is 14.9. The summed E-state index contributed by atoms with van der Waals surface area (Å²) in [5, 5.41) is 0. The highest BCUT2D eigenvalue weighted by Crippen LogP contribution is 2.36. The molecule has 0 saturated carbocycles. The maximum atomic E-state index is 13.4. The topological polar surface area (TPSA) is 43.9 Å². The number of rotatable bonds is 4. The predicted molar refractivity (Wildman–Crippen MR) is 111 cm³/mol. The number of likely N-dealkylation sites (tertiary alicyclic amines) is 1. The van der Waals surface area contributed by atoms with Gasteiger partial charge in [0.2, 0.25) is 0 Å². The average molecular weight is 393 g/mol. The fourth-order valence-corrected chi connectivity index (χ4v) is 4.10. The molecule has 0 spiro atoms. The maximum absolute atomic E-state index is 13.4. The Hall–Kier alpha value is -2.99. The predicted octanol–water partition coefficient (Wildman–Crippen LogP) is 3.14. The molecule has 0 aromatic heterocycles. The minimum Gasteiger partial charge on any atom is -0.366 e. The first-order valence-electron chi connectivity index (χ1n) is 9.83. The van der Waals surface area contributed by atoms with Gasteiger partial charge >= 0.3 is 0 Å². The number of piperidine rings is 1. The second kappa shape index (κ2) is 7.79. The Morgan fingerprint density at radius 3 is 2.17 bits per heavy atom. The number of nitrogens with zero attached hydrogens (tertiary/aromatic N) is 3. The third-order valence-corrected chi connectivity index (χ3v) is 5.80. The van der Waals surface area contributed by atoms with E-state index in [0.717, 1.165) is 30.8 Å². The second-order valence-corrected chi connectivity index (χ2v) is 7.66. The fraction of sp³-hybridized carbons (Fsp3) is 0.304. The van der Waals surface area contributed by atoms with Gasteiger partial charge in [-0.25, -0.2) is 9.29 Å². The molecule has 4 rings (SSSR count). The van der Waals surface area contributed by atoms with E-state index >= 15 is 0 Å². The van der Waals surface area contributed by atoms with Crippen LogP contribution in [0.4, 0.5) is 10.1 Å². The van der Waals surface area contributed by atoms with Crippen LogP contribution < -0.4 is 4.90 Å². The highest BCUT2D eigenvalue weighted by atomic mass is 19.1. The first-order valence-corrected chi connectivity index (χ1v) is 9.83. The van der Waals surface area contributed by atoms with E-state index in [1.54, 1.807) is 0 Å². The Morgan fingerprint density at radius 2 is 1.55 bits per heavy atom. The van der Waals surface area contributed by atoms with Gasteiger partial charge in [0.25, 0.3) is 11.8 Å². The molecule has 0 aliphatic carbocycles. The largest absolute Gasteiger partial charge is 0.366 e. The van der Waals surface area contributed by atoms with Gasteiger partial charge in [-0.3, -0.25) is 9.59 Å². The molecule has 2 aliphatic rings. The van der Waals surface area contributed by atoms with Crippen LogP contribution in [0.2, 0.25) is 0 Å². The van der Waals surface area contributed by atoms with Crippen molar-refractivity contribution in [2.45, 2.75) is 18.9 Å². The molecule has 0 N–H and O–H groups in total. The molecule has 29 heavy (non-hydrogen) atoms. The first-order chi connectivity index (χ1) is 14.0. The van der Waals surface area contributed by atoms with Gasteiger partial charge < -0.3 is 9.80 Å². The average Bonchev–Trinajstić information content (AvgIpc) is 2.99. The Labute approximate surface area is 170 Å². The number of amides is 2. The molecule has 0 unspecified atom stereocenters. The van der Waals surface area contributed by atoms with E-state index in [1.165, 1.54) is 24.3 Å². The summed E-state index contributed by atoms with van der Waals surface area (Å²) in [4.78, 5) is 32.2. The van der Waals surface area contributed by atoms with Crippen LogP contribution in [0.3, 0.4) is 0 Å². The molecule has 2 aromatic rings. The molecule has 1 saturated heterocycles. The van der Waals surface area contributed by atoms with Gasteiger partial charge in [-0.05, 0) is 62.8 Å². The van der Waals surface area contributed by atoms with E-state index in [4.69, 9.17) is 0 Å². The van der Waals surface area contributed by atoms with Gasteiger partial charge in [-0.15, -0.1) is 0 Å². The molecule has 150 valence electrons. The number of likely N-dealkylation sites (N-methyl/N-ethyl adjacent to an activating group) is 1. The van der Waals surface area contributed by atoms with Gasteiger partial charge in [-0.1, -0.05) is 30.3 Å². The highest BCUT2D eigenvalue weighted by Gasteiger charge is 2.43. The SMILES string of the molecule is CN1CCC(N(C)C2=C(c3ccccc3)C(=O)N(c3ccc(F)cc3)C2=O)CC1. The fourth-order valence-electron chi connectivity index (χ4n) is 4.10. The zero-order valence-corrected chi connectivity index (χ0v) is 16.6. The van der Waals surface area contributed by atoms with Gasteiger partial charge in [0, 0.05) is 13.1 Å². The monoisotopic (exact) mass is 393 g/mol. The van der Waals surface area contributed by atoms with Crippen LogP contribution >= 0.6 is 0 Å². The Balaban J connectivity index is 1.76. The molecular formula is C23H24FN3O2. The third kappa shape index (κ3) is 3.56. The summed E-state index contributed by atoms with van der Waals surface area (Å²) in [7, 11) is 3.99. The number of halogens is 1. The van der Waals surface area contributed by atoms with Gasteiger partial charge in [0.05, 0.1) is 11.3 Å². The molecule has 0 bridgehead atoms. The van der Waals surface area contributed by atoms with Gasteiger partial charge in [-0.2, -0.15) is 0 Å². The summed E-state index contributed by atoms with van der Waals surface area (Å²) in [5.41, 5.74) is 1.91. The third-order valence-electron chi connectivity index (χ3n) is 5.80. The van der Waals surface area contributed by atoms with Crippen LogP contribution in [-0.4, -0.2) is 54.8 Å². The van der Waals surface area contributed by atoms with E-state index in [9.17, 15) is 14.0 Å². The number of carbonyl (C=O) groups excluding carboxylic acids is 2. The minimum atomic E-state index is -0.409. The van der Waals surface area contributed by atoms with Crippen LogP contribution in [0.15, 0.2) is 60.3 Å². The molecule has 6 heteroatoms. The Kier molecular flexibility index (Phi) is 5.20. The lowest BCUT2D eigenvalue weighted by molar-refractivity contribution is -0.120. The summed E-state index contributed by atoms with van der Waals surface area (Å²) in [6.07, 6.45) is 1.85. The molecule has 5 nitrogen and oxygen atoms in total. The summed E-state index contributed by atoms with van der Waals surface area (Å²) >= 11 is 0. The van der Waals surface area contributed by atoms with Crippen LogP contribution in [0.1, 0.15) is 18.4 Å². The molecule has 0 radical (unpaired) electrons. The van der Waals surface area contributed by atoms with Crippen molar-refractivity contribution in [3.05, 3.63) is 71.7 Å². The van der Waals surface area contributed by atoms with Crippen molar-refractivity contribution in [3.63, 3.8) is 0 Å². The molecule has 2 aliphatic heterocycles. The highest BCUT2D eigenvalue weighted by molar-refractivity contribution is 6.45. The molecule has 2 aromatic carbocycles. The number of imide groups is 1. The number of hydrogen-bond acceptors (Lipinski definition) is 4. The Bertz CT molecular complexity index is 948. The lowest BCUT2D eigenvalue weighted by Gasteiger charge is -2.36. The summed E-state index contributed by atoms with van der Waals surface area (Å²) in [6.45, 7) is 1.90. The zero-order valence-electron chi connectivity index (χ0n) is 16.6. The van der Waals surface area contributed by atoms with Crippen molar-refractivity contribution in [1.82, 2.24) is 9.80 Å². The summed E-state index contributed by atoms with van der Waals surface area (Å²) < 4.78 is 13.4. The van der Waals surface area contributed by atoms with E-state index in [-0.39, 0.29) is 17.9 Å². The minimum absolute atomic E-state index is 0.185. The number of anilines is 1. The van der Waals surface area contributed by atoms with E-state index in [2.05, 4.69) is 11.9 Å². The lowest BCUT2D eigenvalue weighted by atomic mass is 10.0. The van der Waals surface area contributed by atoms with Gasteiger partial charge in [0.1, 0.15) is 11.5 Å². The molecule has 2 heterocycles. The van der Waals surface area contributed by atoms with E-state index in [0.29, 0.717) is 22.5 Å². The number of hydrogen-bond donors (Lipinski definition) is 0. The quantitative estimate of drug-likeness (QED) is 0.749. The maximum Gasteiger partial charge on any atom is 0.282 e. The lowest BCUT2D eigenvalue weighted by Crippen LogP contribution is -2.43. The standard InChI is InChI=1S/C23H24FN3O2/c1-25-14-12-18(13-15-25)26(2)21-20(16-6-4-3-5-7-16)22(28)27(23(21)29)19-10-8-17(24)9-11-19/h3-11,18H,12-15H2,1-2H3. The molecule has 2 amide bonds.